The Bertz CT molecular complexity index is 1820. The van der Waals surface area contributed by atoms with Gasteiger partial charge in [-0.2, -0.15) is 4.57 Å². The molecule has 282 valence electrons. The van der Waals surface area contributed by atoms with E-state index in [1.807, 2.05) is 93.9 Å². The second kappa shape index (κ2) is 15.8. The molecule has 5 aliphatic rings. The van der Waals surface area contributed by atoms with Crippen LogP contribution in [0.3, 0.4) is 0 Å². The van der Waals surface area contributed by atoms with Gasteiger partial charge in [0.2, 0.25) is 6.54 Å². The van der Waals surface area contributed by atoms with Crippen molar-refractivity contribution in [3.05, 3.63) is 102 Å². The molecule has 10 nitrogen and oxygen atoms in total. The number of carbonyl (C=O) groups excluding carboxylic acids is 3. The quantitative estimate of drug-likeness (QED) is 0.185. The molecule has 3 heterocycles. The second-order valence-corrected chi connectivity index (χ2v) is 14.9. The number of aliphatic hydroxyl groups excluding tert-OH is 1. The number of rotatable bonds is 8. The van der Waals surface area contributed by atoms with E-state index in [9.17, 15) is 19.5 Å². The summed E-state index contributed by atoms with van der Waals surface area (Å²) < 4.78 is 32.8. The highest BCUT2D eigenvalue weighted by molar-refractivity contribution is 5.90. The van der Waals surface area contributed by atoms with Gasteiger partial charge >= 0.3 is 17.9 Å². The van der Waals surface area contributed by atoms with Gasteiger partial charge in [-0.25, -0.2) is 14.4 Å². The number of cyclic esters (lactones) is 1. The molecule has 1 saturated carbocycles. The van der Waals surface area contributed by atoms with Crippen LogP contribution >= 0.6 is 0 Å². The number of hydrogen-bond donors (Lipinski definition) is 1. The summed E-state index contributed by atoms with van der Waals surface area (Å²) in [5.41, 5.74) is 2.44. The van der Waals surface area contributed by atoms with Gasteiger partial charge in [0.15, 0.2) is 18.5 Å². The zero-order chi connectivity index (χ0) is 36.7. The number of aliphatic hydroxyl groups is 1. The lowest BCUT2D eigenvalue weighted by atomic mass is 9.57. The summed E-state index contributed by atoms with van der Waals surface area (Å²) in [7, 11) is 1.47. The molecule has 1 spiro atoms. The number of methoxy groups -OCH3 is 1. The number of esters is 3. The van der Waals surface area contributed by atoms with Crippen molar-refractivity contribution >= 4 is 17.9 Å². The SMILES string of the molecule is CO[C@H]1C[C@H]2C=C[C@H]3[C@H]4O[C@]2(/C(C)=C/[C@@H](C)[C@@H]([C@@H](C)OC(=O)C[n+]2cccc(-c5ccccc5)c2)OC1=O)[C@@H]3[C@H](O)[C@@H](C)[C@H]4OC(=O)C1=CC=CC1.[Br-]. The molecule has 2 fully saturated rings. The van der Waals surface area contributed by atoms with E-state index in [2.05, 4.69) is 12.2 Å². The van der Waals surface area contributed by atoms with Crippen LogP contribution in [0.15, 0.2) is 102 Å². The number of carbonyl (C=O) groups is 3. The Labute approximate surface area is 321 Å². The standard InChI is InChI=1S/C42H48NO9.BrH/c1-24-20-25(2)42-31(17-18-32-35(42)36(45)26(3)38(39(32)52-42)51-40(46)29-14-9-10-15-29)21-33(48-5)41(47)50-37(24)27(4)49-34(44)23-43-19-11-16-30(22-43)28-12-7-6-8-13-28;/h6-14,16-20,22,24,26-27,31-33,35-39,45H,15,21,23H2,1-5H3;1H/q+1;/p-1/b25-20+;/t24-,26-,27-,31-,32-,33+,35+,36-,37+,38-,39-,42+;/m1./s1. The van der Waals surface area contributed by atoms with Gasteiger partial charge in [-0.1, -0.05) is 80.6 Å². The Hall–Kier alpha value is -3.90. The summed E-state index contributed by atoms with van der Waals surface area (Å²) in [5, 5.41) is 12.0. The lowest BCUT2D eigenvalue weighted by Gasteiger charge is -2.49. The number of aromatic nitrogens is 1. The third-order valence-electron chi connectivity index (χ3n) is 11.7. The zero-order valence-corrected chi connectivity index (χ0v) is 32.3. The maximum atomic E-state index is 13.8. The molecule has 1 N–H and O–H groups in total. The molecule has 3 aliphatic carbocycles. The number of benzene rings is 1. The van der Waals surface area contributed by atoms with Gasteiger partial charge < -0.3 is 45.8 Å². The fourth-order valence-corrected chi connectivity index (χ4v) is 9.17. The summed E-state index contributed by atoms with van der Waals surface area (Å²) in [6.07, 6.45) is 11.5. The minimum Gasteiger partial charge on any atom is -1.00 e. The van der Waals surface area contributed by atoms with Gasteiger partial charge in [0.05, 0.1) is 6.10 Å². The first kappa shape index (κ1) is 38.8. The molecular weight excluding hydrogens is 742 g/mol. The van der Waals surface area contributed by atoms with Gasteiger partial charge in [-0.3, -0.25) is 0 Å². The number of pyridine rings is 1. The molecule has 0 unspecified atom stereocenters. The molecular formula is C42H48BrNO9. The highest BCUT2D eigenvalue weighted by Crippen LogP contribution is 2.61. The molecule has 11 heteroatoms. The predicted octanol–water partition coefficient (Wildman–Crippen LogP) is 1.85. The maximum Gasteiger partial charge on any atom is 0.373 e. The maximum absolute atomic E-state index is 13.8. The van der Waals surface area contributed by atoms with Crippen LogP contribution in [0.5, 0.6) is 0 Å². The van der Waals surface area contributed by atoms with Crippen molar-refractivity contribution in [1.29, 1.82) is 0 Å². The molecule has 12 atom stereocenters. The number of ether oxygens (including phenoxy) is 5. The molecule has 7 rings (SSSR count). The fourth-order valence-electron chi connectivity index (χ4n) is 9.17. The first-order chi connectivity index (χ1) is 25.0. The molecule has 0 amide bonds. The third-order valence-corrected chi connectivity index (χ3v) is 11.7. The van der Waals surface area contributed by atoms with Crippen LogP contribution in [0.25, 0.3) is 11.1 Å². The van der Waals surface area contributed by atoms with Crippen molar-refractivity contribution < 1.29 is 64.7 Å². The van der Waals surface area contributed by atoms with E-state index in [0.717, 1.165) is 16.7 Å². The molecule has 2 aliphatic heterocycles. The zero-order valence-electron chi connectivity index (χ0n) is 30.7. The number of hydrogen-bond acceptors (Lipinski definition) is 9. The van der Waals surface area contributed by atoms with Crippen LogP contribution in [0.2, 0.25) is 0 Å². The van der Waals surface area contributed by atoms with E-state index in [0.29, 0.717) is 12.0 Å². The summed E-state index contributed by atoms with van der Waals surface area (Å²) in [5.74, 6) is -3.14. The van der Waals surface area contributed by atoms with Gasteiger partial charge in [0, 0.05) is 53.9 Å². The van der Waals surface area contributed by atoms with E-state index in [1.54, 1.807) is 17.6 Å². The molecule has 53 heavy (non-hydrogen) atoms. The second-order valence-electron chi connectivity index (χ2n) is 14.9. The number of nitrogens with zero attached hydrogens (tertiary/aromatic N) is 1. The molecule has 1 saturated heterocycles. The van der Waals surface area contributed by atoms with Gasteiger partial charge in [0.1, 0.15) is 30.0 Å². The third kappa shape index (κ3) is 7.21. The summed E-state index contributed by atoms with van der Waals surface area (Å²) in [6, 6.07) is 13.8. The van der Waals surface area contributed by atoms with Crippen molar-refractivity contribution in [2.45, 2.75) is 89.3 Å². The van der Waals surface area contributed by atoms with Crippen LogP contribution in [-0.2, 0) is 44.6 Å². The van der Waals surface area contributed by atoms with Crippen molar-refractivity contribution in [2.75, 3.05) is 7.11 Å². The molecule has 0 radical (unpaired) electrons. The molecule has 4 bridgehead atoms. The Kier molecular flexibility index (Phi) is 11.6. The van der Waals surface area contributed by atoms with E-state index in [4.69, 9.17) is 23.7 Å². The summed E-state index contributed by atoms with van der Waals surface area (Å²) in [4.78, 5) is 40.3. The topological polar surface area (TPSA) is 121 Å². The largest absolute Gasteiger partial charge is 1.00 e. The Morgan fingerprint density at radius 1 is 1.09 bits per heavy atom. The first-order valence-electron chi connectivity index (χ1n) is 18.3. The van der Waals surface area contributed by atoms with Gasteiger partial charge in [-0.05, 0) is 43.9 Å². The van der Waals surface area contributed by atoms with Crippen molar-refractivity contribution in [3.63, 3.8) is 0 Å². The Morgan fingerprint density at radius 2 is 1.85 bits per heavy atom. The molecule has 1 aromatic carbocycles. The lowest BCUT2D eigenvalue weighted by molar-refractivity contribution is -0.685. The Morgan fingerprint density at radius 3 is 2.57 bits per heavy atom. The normalized spacial score (nSPS) is 35.8. The molecule has 2 aromatic rings. The number of allylic oxidation sites excluding steroid dienone is 3. The van der Waals surface area contributed by atoms with Crippen LogP contribution in [-0.4, -0.2) is 72.3 Å². The minimum atomic E-state index is -0.999. The van der Waals surface area contributed by atoms with E-state index >= 15 is 0 Å². The Balaban J connectivity index is 0.00000481. The summed E-state index contributed by atoms with van der Waals surface area (Å²) in [6.45, 7) is 7.52. The van der Waals surface area contributed by atoms with Crippen LogP contribution in [0.1, 0.15) is 40.5 Å². The smallest absolute Gasteiger partial charge is 0.373 e. The predicted molar refractivity (Wildman–Crippen MR) is 190 cm³/mol. The van der Waals surface area contributed by atoms with Crippen LogP contribution < -0.4 is 21.5 Å². The molecule has 1 aromatic heterocycles. The van der Waals surface area contributed by atoms with Crippen LogP contribution in [0, 0.1) is 29.6 Å². The van der Waals surface area contributed by atoms with E-state index in [1.165, 1.54) is 7.11 Å². The van der Waals surface area contributed by atoms with Gasteiger partial charge in [-0.15, -0.1) is 0 Å². The van der Waals surface area contributed by atoms with Crippen molar-refractivity contribution in [3.8, 4) is 11.1 Å². The first-order valence-corrected chi connectivity index (χ1v) is 18.3. The van der Waals surface area contributed by atoms with Crippen LogP contribution in [0.4, 0.5) is 0 Å². The average Bonchev–Trinajstić information content (AvgIpc) is 3.74. The lowest BCUT2D eigenvalue weighted by Crippen LogP contribution is -3.00. The van der Waals surface area contributed by atoms with E-state index < -0.39 is 66.1 Å². The highest BCUT2D eigenvalue weighted by Gasteiger charge is 2.69. The number of halogens is 1. The monoisotopic (exact) mass is 789 g/mol. The van der Waals surface area contributed by atoms with Crippen molar-refractivity contribution in [1.82, 2.24) is 0 Å². The van der Waals surface area contributed by atoms with Gasteiger partial charge in [0.25, 0.3) is 0 Å². The summed E-state index contributed by atoms with van der Waals surface area (Å²) >= 11 is 0. The minimum absolute atomic E-state index is 0. The van der Waals surface area contributed by atoms with Crippen molar-refractivity contribution in [2.24, 2.45) is 29.6 Å². The fraction of sp³-hybridized carbons (Fsp3) is 0.476. The average molecular weight is 791 g/mol. The van der Waals surface area contributed by atoms with E-state index in [-0.39, 0.29) is 53.6 Å². The highest BCUT2D eigenvalue weighted by atomic mass is 79.9.